The summed E-state index contributed by atoms with van der Waals surface area (Å²) in [5.74, 6) is 1.14. The SMILES string of the molecule is CCC(COc1cccc(C#N)c1)c1ccccc1. The van der Waals surface area contributed by atoms with Crippen LogP contribution in [0.3, 0.4) is 0 Å². The first kappa shape index (κ1) is 13.2. The van der Waals surface area contributed by atoms with Crippen LogP contribution in [0.5, 0.6) is 5.75 Å². The molecule has 0 aliphatic rings. The van der Waals surface area contributed by atoms with E-state index in [0.717, 1.165) is 12.2 Å². The van der Waals surface area contributed by atoms with E-state index in [1.807, 2.05) is 30.3 Å². The van der Waals surface area contributed by atoms with Gasteiger partial charge in [0.1, 0.15) is 5.75 Å². The number of hydrogen-bond donors (Lipinski definition) is 0. The molecule has 2 aromatic rings. The Balaban J connectivity index is 2.02. The minimum absolute atomic E-state index is 0.381. The number of nitrogens with zero attached hydrogens (tertiary/aromatic N) is 1. The molecular formula is C17H17NO. The monoisotopic (exact) mass is 251 g/mol. The van der Waals surface area contributed by atoms with Gasteiger partial charge >= 0.3 is 0 Å². The molecule has 0 aromatic heterocycles. The van der Waals surface area contributed by atoms with E-state index in [4.69, 9.17) is 10.00 Å². The average molecular weight is 251 g/mol. The topological polar surface area (TPSA) is 33.0 Å². The minimum Gasteiger partial charge on any atom is -0.493 e. The average Bonchev–Trinajstić information content (AvgIpc) is 2.49. The van der Waals surface area contributed by atoms with Crippen LogP contribution in [0.25, 0.3) is 0 Å². The summed E-state index contributed by atoms with van der Waals surface area (Å²) < 4.78 is 5.80. The third-order valence-corrected chi connectivity index (χ3v) is 3.18. The van der Waals surface area contributed by atoms with Gasteiger partial charge in [0.15, 0.2) is 0 Å². The molecular weight excluding hydrogens is 234 g/mol. The third kappa shape index (κ3) is 3.59. The fourth-order valence-corrected chi connectivity index (χ4v) is 2.03. The van der Waals surface area contributed by atoms with Crippen molar-refractivity contribution in [3.63, 3.8) is 0 Å². The quantitative estimate of drug-likeness (QED) is 0.800. The summed E-state index contributed by atoms with van der Waals surface area (Å²) in [5.41, 5.74) is 1.92. The molecule has 1 unspecified atom stereocenters. The van der Waals surface area contributed by atoms with Gasteiger partial charge in [-0.05, 0) is 30.2 Å². The summed E-state index contributed by atoms with van der Waals surface area (Å²) in [4.78, 5) is 0. The van der Waals surface area contributed by atoms with Gasteiger partial charge in [-0.15, -0.1) is 0 Å². The van der Waals surface area contributed by atoms with Crippen molar-refractivity contribution in [1.29, 1.82) is 5.26 Å². The van der Waals surface area contributed by atoms with Gasteiger partial charge in [-0.1, -0.05) is 43.3 Å². The molecule has 0 radical (unpaired) electrons. The van der Waals surface area contributed by atoms with Crippen LogP contribution in [0.1, 0.15) is 30.4 Å². The zero-order valence-electron chi connectivity index (χ0n) is 11.0. The van der Waals surface area contributed by atoms with Crippen molar-refractivity contribution in [1.82, 2.24) is 0 Å². The molecule has 0 aliphatic carbocycles. The highest BCUT2D eigenvalue weighted by atomic mass is 16.5. The molecule has 2 aromatic carbocycles. The van der Waals surface area contributed by atoms with E-state index in [2.05, 4.69) is 25.1 Å². The maximum Gasteiger partial charge on any atom is 0.120 e. The van der Waals surface area contributed by atoms with Crippen LogP contribution < -0.4 is 4.74 Å². The van der Waals surface area contributed by atoms with Gasteiger partial charge in [-0.25, -0.2) is 0 Å². The summed E-state index contributed by atoms with van der Waals surface area (Å²) in [6.07, 6.45) is 1.03. The van der Waals surface area contributed by atoms with Crippen molar-refractivity contribution in [3.8, 4) is 11.8 Å². The predicted octanol–water partition coefficient (Wildman–Crippen LogP) is 4.13. The van der Waals surface area contributed by atoms with Crippen LogP contribution in [0.15, 0.2) is 54.6 Å². The van der Waals surface area contributed by atoms with Crippen LogP contribution >= 0.6 is 0 Å². The summed E-state index contributed by atoms with van der Waals surface area (Å²) in [6.45, 7) is 2.79. The van der Waals surface area contributed by atoms with Crippen molar-refractivity contribution >= 4 is 0 Å². The van der Waals surface area contributed by atoms with Gasteiger partial charge in [0.05, 0.1) is 18.2 Å². The summed E-state index contributed by atoms with van der Waals surface area (Å²) in [5, 5.41) is 8.86. The van der Waals surface area contributed by atoms with Crippen LogP contribution in [0, 0.1) is 11.3 Å². The van der Waals surface area contributed by atoms with Crippen molar-refractivity contribution in [2.75, 3.05) is 6.61 Å². The van der Waals surface area contributed by atoms with E-state index in [-0.39, 0.29) is 0 Å². The molecule has 0 saturated heterocycles. The summed E-state index contributed by atoms with van der Waals surface area (Å²) >= 11 is 0. The molecule has 0 saturated carbocycles. The zero-order chi connectivity index (χ0) is 13.5. The molecule has 1 atom stereocenters. The highest BCUT2D eigenvalue weighted by Crippen LogP contribution is 2.21. The smallest absolute Gasteiger partial charge is 0.120 e. The van der Waals surface area contributed by atoms with Crippen molar-refractivity contribution < 1.29 is 4.74 Å². The van der Waals surface area contributed by atoms with Crippen LogP contribution in [0.4, 0.5) is 0 Å². The lowest BCUT2D eigenvalue weighted by Gasteiger charge is -2.16. The van der Waals surface area contributed by atoms with E-state index in [1.165, 1.54) is 5.56 Å². The molecule has 2 rings (SSSR count). The van der Waals surface area contributed by atoms with Crippen molar-refractivity contribution in [2.24, 2.45) is 0 Å². The van der Waals surface area contributed by atoms with E-state index in [0.29, 0.717) is 18.1 Å². The highest BCUT2D eigenvalue weighted by Gasteiger charge is 2.09. The minimum atomic E-state index is 0.381. The number of ether oxygens (including phenoxy) is 1. The van der Waals surface area contributed by atoms with E-state index in [9.17, 15) is 0 Å². The predicted molar refractivity (Wildman–Crippen MR) is 76.1 cm³/mol. The summed E-state index contributed by atoms with van der Waals surface area (Å²) in [7, 11) is 0. The Kier molecular flexibility index (Phi) is 4.58. The lowest BCUT2D eigenvalue weighted by molar-refractivity contribution is 0.285. The largest absolute Gasteiger partial charge is 0.493 e. The van der Waals surface area contributed by atoms with Gasteiger partial charge in [0.25, 0.3) is 0 Å². The molecule has 0 spiro atoms. The van der Waals surface area contributed by atoms with Gasteiger partial charge in [0, 0.05) is 5.92 Å². The fourth-order valence-electron chi connectivity index (χ4n) is 2.03. The Hall–Kier alpha value is -2.27. The molecule has 2 heteroatoms. The standard InChI is InChI=1S/C17H17NO/c1-2-15(16-8-4-3-5-9-16)13-19-17-10-6-7-14(11-17)12-18/h3-11,15H,2,13H2,1H3. The normalized spacial score (nSPS) is 11.6. The number of rotatable bonds is 5. The van der Waals surface area contributed by atoms with Gasteiger partial charge in [0.2, 0.25) is 0 Å². The molecule has 0 bridgehead atoms. The molecule has 0 amide bonds. The molecule has 19 heavy (non-hydrogen) atoms. The first-order valence-electron chi connectivity index (χ1n) is 6.51. The first-order valence-corrected chi connectivity index (χ1v) is 6.51. The summed E-state index contributed by atoms with van der Waals surface area (Å²) in [6, 6.07) is 19.8. The molecule has 0 fully saturated rings. The Morgan fingerprint density at radius 1 is 1.11 bits per heavy atom. The van der Waals surface area contributed by atoms with Crippen molar-refractivity contribution in [3.05, 3.63) is 65.7 Å². The van der Waals surface area contributed by atoms with E-state index >= 15 is 0 Å². The molecule has 0 aliphatic heterocycles. The second-order valence-corrected chi connectivity index (χ2v) is 4.47. The second kappa shape index (κ2) is 6.61. The number of nitriles is 1. The van der Waals surface area contributed by atoms with Gasteiger partial charge < -0.3 is 4.74 Å². The molecule has 0 N–H and O–H groups in total. The Morgan fingerprint density at radius 2 is 1.89 bits per heavy atom. The van der Waals surface area contributed by atoms with Crippen LogP contribution in [0.2, 0.25) is 0 Å². The van der Waals surface area contributed by atoms with E-state index in [1.54, 1.807) is 12.1 Å². The lowest BCUT2D eigenvalue weighted by Crippen LogP contribution is -2.09. The van der Waals surface area contributed by atoms with Crippen LogP contribution in [-0.2, 0) is 0 Å². The Morgan fingerprint density at radius 3 is 2.58 bits per heavy atom. The molecule has 96 valence electrons. The van der Waals surface area contributed by atoms with E-state index < -0.39 is 0 Å². The molecule has 2 nitrogen and oxygen atoms in total. The Bertz CT molecular complexity index is 557. The van der Waals surface area contributed by atoms with Crippen molar-refractivity contribution in [2.45, 2.75) is 19.3 Å². The first-order chi connectivity index (χ1) is 9.33. The second-order valence-electron chi connectivity index (χ2n) is 4.47. The molecule has 0 heterocycles. The Labute approximate surface area is 114 Å². The maximum atomic E-state index is 8.86. The van der Waals surface area contributed by atoms with Gasteiger partial charge in [-0.3, -0.25) is 0 Å². The number of benzene rings is 2. The zero-order valence-corrected chi connectivity index (χ0v) is 11.0. The highest BCUT2D eigenvalue weighted by molar-refractivity contribution is 5.36. The number of hydrogen-bond acceptors (Lipinski definition) is 2. The fraction of sp³-hybridized carbons (Fsp3) is 0.235. The lowest BCUT2D eigenvalue weighted by atomic mass is 9.97. The van der Waals surface area contributed by atoms with Crippen LogP contribution in [-0.4, -0.2) is 6.61 Å². The van der Waals surface area contributed by atoms with Gasteiger partial charge in [-0.2, -0.15) is 5.26 Å². The maximum absolute atomic E-state index is 8.86. The third-order valence-electron chi connectivity index (χ3n) is 3.18.